The Balaban J connectivity index is 1.91. The van der Waals surface area contributed by atoms with Crippen molar-refractivity contribution in [2.24, 2.45) is 5.92 Å². The maximum atomic E-state index is 11.3. The molecule has 1 aliphatic rings. The van der Waals surface area contributed by atoms with E-state index in [4.69, 9.17) is 16.1 Å². The van der Waals surface area contributed by atoms with Gasteiger partial charge in [-0.25, -0.2) is 0 Å². The highest BCUT2D eigenvalue weighted by Crippen LogP contribution is 2.38. The molecule has 0 aliphatic heterocycles. The van der Waals surface area contributed by atoms with Gasteiger partial charge in [0, 0.05) is 6.20 Å². The molecule has 0 aromatic carbocycles. The molecule has 0 saturated heterocycles. The number of hydrogen-bond donors (Lipinski definition) is 1. The summed E-state index contributed by atoms with van der Waals surface area (Å²) < 4.78 is 5.27. The van der Waals surface area contributed by atoms with E-state index in [-0.39, 0.29) is 5.92 Å². The predicted octanol–water partition coefficient (Wildman–Crippen LogP) is 3.14. The van der Waals surface area contributed by atoms with Crippen molar-refractivity contribution in [2.45, 2.75) is 31.6 Å². The minimum atomic E-state index is -0.810. The molecule has 3 rings (SSSR count). The molecule has 1 aliphatic carbocycles. The van der Waals surface area contributed by atoms with E-state index in [0.29, 0.717) is 28.9 Å². The fraction of sp³-hybridized carbons (Fsp3) is 0.429. The van der Waals surface area contributed by atoms with Crippen LogP contribution < -0.4 is 0 Å². The average molecular weight is 308 g/mol. The molecule has 2 unspecified atom stereocenters. The summed E-state index contributed by atoms with van der Waals surface area (Å²) in [5.74, 6) is -0.856. The number of pyridine rings is 1. The highest BCUT2D eigenvalue weighted by molar-refractivity contribution is 6.32. The molecule has 1 N–H and O–H groups in total. The maximum Gasteiger partial charge on any atom is 0.307 e. The van der Waals surface area contributed by atoms with Crippen LogP contribution in [0.2, 0.25) is 5.02 Å². The van der Waals surface area contributed by atoms with Crippen molar-refractivity contribution < 1.29 is 14.4 Å². The molecule has 0 spiro atoms. The molecule has 0 radical (unpaired) electrons. The van der Waals surface area contributed by atoms with Crippen LogP contribution in [0.5, 0.6) is 0 Å². The second kappa shape index (κ2) is 5.81. The Morgan fingerprint density at radius 2 is 2.19 bits per heavy atom. The van der Waals surface area contributed by atoms with Gasteiger partial charge >= 0.3 is 5.97 Å². The van der Waals surface area contributed by atoms with Gasteiger partial charge in [-0.05, 0) is 25.0 Å². The standard InChI is InChI=1S/C14H14ClN3O3/c15-10-6-3-7-16-11(10)12-17-13(21-18-12)8-4-1-2-5-9(8)14(19)20/h3,6-9H,1-2,4-5H2,(H,19,20). The summed E-state index contributed by atoms with van der Waals surface area (Å²) >= 11 is 6.05. The Bertz CT molecular complexity index is 658. The zero-order valence-corrected chi connectivity index (χ0v) is 12.0. The Kier molecular flexibility index (Phi) is 3.88. The molecule has 110 valence electrons. The summed E-state index contributed by atoms with van der Waals surface area (Å²) in [5.41, 5.74) is 0.442. The van der Waals surface area contributed by atoms with Gasteiger partial charge in [-0.3, -0.25) is 9.78 Å². The van der Waals surface area contributed by atoms with Crippen LogP contribution in [0.25, 0.3) is 11.5 Å². The molecule has 0 bridgehead atoms. The van der Waals surface area contributed by atoms with E-state index in [1.54, 1.807) is 18.3 Å². The van der Waals surface area contributed by atoms with Gasteiger partial charge in [0.05, 0.1) is 16.9 Å². The van der Waals surface area contributed by atoms with E-state index in [2.05, 4.69) is 15.1 Å². The molecule has 2 aromatic heterocycles. The SMILES string of the molecule is O=C(O)C1CCCCC1c1nc(-c2ncccc2Cl)no1. The average Bonchev–Trinajstić information content (AvgIpc) is 2.97. The number of aromatic nitrogens is 3. The van der Waals surface area contributed by atoms with Crippen molar-refractivity contribution in [3.63, 3.8) is 0 Å². The van der Waals surface area contributed by atoms with Crippen LogP contribution in [0.4, 0.5) is 0 Å². The first-order valence-corrected chi connectivity index (χ1v) is 7.22. The maximum absolute atomic E-state index is 11.3. The van der Waals surface area contributed by atoms with Crippen LogP contribution >= 0.6 is 11.6 Å². The van der Waals surface area contributed by atoms with Crippen molar-refractivity contribution >= 4 is 17.6 Å². The number of halogens is 1. The fourth-order valence-corrected chi connectivity index (χ4v) is 2.96. The quantitative estimate of drug-likeness (QED) is 0.937. The van der Waals surface area contributed by atoms with Gasteiger partial charge in [-0.1, -0.05) is 29.6 Å². The third-order valence-electron chi connectivity index (χ3n) is 3.81. The summed E-state index contributed by atoms with van der Waals surface area (Å²) in [6.45, 7) is 0. The highest BCUT2D eigenvalue weighted by Gasteiger charge is 2.35. The van der Waals surface area contributed by atoms with Crippen LogP contribution in [0, 0.1) is 5.92 Å². The largest absolute Gasteiger partial charge is 0.481 e. The zero-order chi connectivity index (χ0) is 14.8. The number of hydrogen-bond acceptors (Lipinski definition) is 5. The number of carbonyl (C=O) groups is 1. The van der Waals surface area contributed by atoms with E-state index >= 15 is 0 Å². The van der Waals surface area contributed by atoms with Gasteiger partial charge in [-0.2, -0.15) is 4.98 Å². The van der Waals surface area contributed by atoms with E-state index in [9.17, 15) is 9.90 Å². The zero-order valence-electron chi connectivity index (χ0n) is 11.2. The van der Waals surface area contributed by atoms with Crippen LogP contribution in [0.1, 0.15) is 37.5 Å². The molecular formula is C14H14ClN3O3. The molecule has 2 heterocycles. The lowest BCUT2D eigenvalue weighted by molar-refractivity contribution is -0.143. The molecular weight excluding hydrogens is 294 g/mol. The molecule has 21 heavy (non-hydrogen) atoms. The van der Waals surface area contributed by atoms with Gasteiger partial charge in [0.15, 0.2) is 0 Å². The molecule has 2 atom stereocenters. The first kappa shape index (κ1) is 14.0. The second-order valence-electron chi connectivity index (χ2n) is 5.13. The van der Waals surface area contributed by atoms with Crippen LogP contribution in [0.3, 0.4) is 0 Å². The third kappa shape index (κ3) is 2.76. The van der Waals surface area contributed by atoms with Crippen LogP contribution in [0.15, 0.2) is 22.9 Å². The molecule has 6 nitrogen and oxygen atoms in total. The second-order valence-corrected chi connectivity index (χ2v) is 5.53. The van der Waals surface area contributed by atoms with Crippen LogP contribution in [-0.2, 0) is 4.79 Å². The topological polar surface area (TPSA) is 89.1 Å². The van der Waals surface area contributed by atoms with E-state index < -0.39 is 11.9 Å². The summed E-state index contributed by atoms with van der Waals surface area (Å²) in [5, 5.41) is 13.6. The number of carboxylic acid groups (broad SMARTS) is 1. The third-order valence-corrected chi connectivity index (χ3v) is 4.12. The van der Waals surface area contributed by atoms with Gasteiger partial charge in [0.2, 0.25) is 11.7 Å². The van der Waals surface area contributed by atoms with Gasteiger partial charge in [0.1, 0.15) is 5.69 Å². The smallest absolute Gasteiger partial charge is 0.307 e. The number of aliphatic carboxylic acids is 1. The minimum absolute atomic E-state index is 0.236. The Morgan fingerprint density at radius 1 is 1.38 bits per heavy atom. The van der Waals surface area contributed by atoms with Gasteiger partial charge in [-0.15, -0.1) is 0 Å². The molecule has 1 saturated carbocycles. The Labute approximate surface area is 126 Å². The molecule has 0 amide bonds. The summed E-state index contributed by atoms with van der Waals surface area (Å²) in [6.07, 6.45) is 4.87. The van der Waals surface area contributed by atoms with Crippen molar-refractivity contribution in [1.29, 1.82) is 0 Å². The van der Waals surface area contributed by atoms with E-state index in [0.717, 1.165) is 19.3 Å². The first-order chi connectivity index (χ1) is 10.2. The van der Waals surface area contributed by atoms with Crippen molar-refractivity contribution in [3.8, 4) is 11.5 Å². The first-order valence-electron chi connectivity index (χ1n) is 6.84. The number of carboxylic acids is 1. The normalized spacial score (nSPS) is 22.1. The lowest BCUT2D eigenvalue weighted by Gasteiger charge is -2.25. The lowest BCUT2D eigenvalue weighted by atomic mass is 9.79. The molecule has 7 heteroatoms. The van der Waals surface area contributed by atoms with Crippen molar-refractivity contribution in [2.75, 3.05) is 0 Å². The highest BCUT2D eigenvalue weighted by atomic mass is 35.5. The van der Waals surface area contributed by atoms with Crippen molar-refractivity contribution in [1.82, 2.24) is 15.1 Å². The number of rotatable bonds is 3. The molecule has 1 fully saturated rings. The van der Waals surface area contributed by atoms with Crippen LogP contribution in [-0.4, -0.2) is 26.2 Å². The van der Waals surface area contributed by atoms with Crippen molar-refractivity contribution in [3.05, 3.63) is 29.2 Å². The van der Waals surface area contributed by atoms with E-state index in [1.165, 1.54) is 0 Å². The summed E-state index contributed by atoms with van der Waals surface area (Å²) in [6, 6.07) is 3.41. The summed E-state index contributed by atoms with van der Waals surface area (Å²) in [7, 11) is 0. The predicted molar refractivity (Wildman–Crippen MR) is 74.9 cm³/mol. The minimum Gasteiger partial charge on any atom is -0.481 e. The number of nitrogens with zero attached hydrogens (tertiary/aromatic N) is 3. The van der Waals surface area contributed by atoms with Gasteiger partial charge < -0.3 is 9.63 Å². The van der Waals surface area contributed by atoms with E-state index in [1.807, 2.05) is 0 Å². The fourth-order valence-electron chi connectivity index (χ4n) is 2.75. The Hall–Kier alpha value is -1.95. The monoisotopic (exact) mass is 307 g/mol. The summed E-state index contributed by atoms with van der Waals surface area (Å²) in [4.78, 5) is 19.8. The Morgan fingerprint density at radius 3 is 2.95 bits per heavy atom. The molecule has 2 aromatic rings. The van der Waals surface area contributed by atoms with Gasteiger partial charge in [0.25, 0.3) is 0 Å². The lowest BCUT2D eigenvalue weighted by Crippen LogP contribution is -2.25.